The minimum absolute atomic E-state index is 0.0389. The average Bonchev–Trinajstić information content (AvgIpc) is 2.56. The molecule has 0 saturated carbocycles. The van der Waals surface area contributed by atoms with Crippen LogP contribution in [0.1, 0.15) is 23.3 Å². The normalized spacial score (nSPS) is 22.4. The van der Waals surface area contributed by atoms with Crippen LogP contribution in [0.5, 0.6) is 5.75 Å². The molecule has 104 valence electrons. The second-order valence-electron chi connectivity index (χ2n) is 4.91. The molecule has 3 rings (SSSR count). The summed E-state index contributed by atoms with van der Waals surface area (Å²) < 4.78 is 11.2. The predicted octanol–water partition coefficient (Wildman–Crippen LogP) is 3.10. The number of morpholine rings is 1. The Labute approximate surface area is 119 Å². The maximum atomic E-state index is 6.00. The minimum atomic E-state index is 0.0389. The van der Waals surface area contributed by atoms with Crippen LogP contribution in [0.3, 0.4) is 0 Å². The molecule has 2 unspecified atom stereocenters. The lowest BCUT2D eigenvalue weighted by molar-refractivity contribution is -0.00634. The molecule has 1 aliphatic rings. The van der Waals surface area contributed by atoms with E-state index in [0.717, 1.165) is 18.9 Å². The van der Waals surface area contributed by atoms with Gasteiger partial charge in [-0.3, -0.25) is 0 Å². The number of ether oxygens (including phenoxy) is 2. The summed E-state index contributed by atoms with van der Waals surface area (Å²) in [6.45, 7) is 1.62. The van der Waals surface area contributed by atoms with E-state index in [1.807, 2.05) is 18.2 Å². The van der Waals surface area contributed by atoms with Crippen LogP contribution in [-0.2, 0) is 4.74 Å². The first-order valence-electron chi connectivity index (χ1n) is 6.92. The highest BCUT2D eigenvalue weighted by Gasteiger charge is 2.28. The Kier molecular flexibility index (Phi) is 4.00. The molecule has 2 aromatic carbocycles. The zero-order chi connectivity index (χ0) is 13.8. The Bertz CT molecular complexity index is 539. The van der Waals surface area contributed by atoms with Gasteiger partial charge in [0.2, 0.25) is 0 Å². The van der Waals surface area contributed by atoms with Gasteiger partial charge in [-0.25, -0.2) is 0 Å². The van der Waals surface area contributed by atoms with Gasteiger partial charge in [0.15, 0.2) is 0 Å². The number of rotatable bonds is 3. The van der Waals surface area contributed by atoms with Crippen LogP contribution in [0.4, 0.5) is 0 Å². The highest BCUT2D eigenvalue weighted by molar-refractivity contribution is 5.32. The number of nitrogens with one attached hydrogen (secondary N) is 1. The fourth-order valence-corrected chi connectivity index (χ4v) is 2.64. The van der Waals surface area contributed by atoms with E-state index >= 15 is 0 Å². The summed E-state index contributed by atoms with van der Waals surface area (Å²) in [7, 11) is 1.68. The van der Waals surface area contributed by atoms with Crippen molar-refractivity contribution in [3.8, 4) is 5.75 Å². The monoisotopic (exact) mass is 269 g/mol. The summed E-state index contributed by atoms with van der Waals surface area (Å²) in [5.41, 5.74) is 2.43. The van der Waals surface area contributed by atoms with Crippen LogP contribution in [0.2, 0.25) is 0 Å². The average molecular weight is 269 g/mol. The Morgan fingerprint density at radius 1 is 1.00 bits per heavy atom. The van der Waals surface area contributed by atoms with Gasteiger partial charge >= 0.3 is 0 Å². The van der Waals surface area contributed by atoms with Gasteiger partial charge in [0.25, 0.3) is 0 Å². The van der Waals surface area contributed by atoms with Crippen LogP contribution in [0, 0.1) is 0 Å². The molecule has 0 amide bonds. The maximum Gasteiger partial charge on any atom is 0.118 e. The van der Waals surface area contributed by atoms with E-state index < -0.39 is 0 Å². The van der Waals surface area contributed by atoms with Gasteiger partial charge in [-0.05, 0) is 23.3 Å². The predicted molar refractivity (Wildman–Crippen MR) is 78.9 cm³/mol. The molecule has 0 spiro atoms. The Balaban J connectivity index is 1.88. The van der Waals surface area contributed by atoms with Gasteiger partial charge in [0, 0.05) is 6.54 Å². The third-order valence-electron chi connectivity index (χ3n) is 3.67. The van der Waals surface area contributed by atoms with E-state index in [1.54, 1.807) is 7.11 Å². The molecule has 20 heavy (non-hydrogen) atoms. The van der Waals surface area contributed by atoms with Crippen molar-refractivity contribution in [3.63, 3.8) is 0 Å². The smallest absolute Gasteiger partial charge is 0.118 e. The molecule has 2 atom stereocenters. The zero-order valence-electron chi connectivity index (χ0n) is 11.6. The summed E-state index contributed by atoms with van der Waals surface area (Å²) in [6.07, 6.45) is 0.0389. The highest BCUT2D eigenvalue weighted by Crippen LogP contribution is 2.34. The van der Waals surface area contributed by atoms with Crippen molar-refractivity contribution < 1.29 is 9.47 Å². The summed E-state index contributed by atoms with van der Waals surface area (Å²) >= 11 is 0. The standard InChI is InChI=1S/C17H19NO2/c1-19-15-9-7-14(8-10-15)17-16(18-11-12-20-17)13-5-3-2-4-6-13/h2-10,16-18H,11-12H2,1H3. The number of hydrogen-bond donors (Lipinski definition) is 1. The molecule has 0 bridgehead atoms. The summed E-state index contributed by atoms with van der Waals surface area (Å²) in [5.74, 6) is 0.869. The van der Waals surface area contributed by atoms with Crippen molar-refractivity contribution >= 4 is 0 Å². The van der Waals surface area contributed by atoms with Crippen molar-refractivity contribution in [1.29, 1.82) is 0 Å². The van der Waals surface area contributed by atoms with Crippen LogP contribution >= 0.6 is 0 Å². The molecule has 1 heterocycles. The maximum absolute atomic E-state index is 6.00. The van der Waals surface area contributed by atoms with Crippen LogP contribution in [-0.4, -0.2) is 20.3 Å². The molecule has 2 aromatic rings. The summed E-state index contributed by atoms with van der Waals surface area (Å²) in [6, 6.07) is 18.8. The minimum Gasteiger partial charge on any atom is -0.497 e. The third kappa shape index (κ3) is 2.69. The van der Waals surface area contributed by atoms with Crippen LogP contribution < -0.4 is 10.1 Å². The summed E-state index contributed by atoms with van der Waals surface area (Å²) in [4.78, 5) is 0. The van der Waals surface area contributed by atoms with Gasteiger partial charge < -0.3 is 14.8 Å². The Morgan fingerprint density at radius 2 is 1.75 bits per heavy atom. The molecule has 1 fully saturated rings. The fourth-order valence-electron chi connectivity index (χ4n) is 2.64. The van der Waals surface area contributed by atoms with Crippen LogP contribution in [0.25, 0.3) is 0 Å². The molecule has 0 radical (unpaired) electrons. The lowest BCUT2D eigenvalue weighted by Crippen LogP contribution is -2.37. The SMILES string of the molecule is COc1ccc(C2OCCNC2c2ccccc2)cc1. The van der Waals surface area contributed by atoms with Gasteiger partial charge in [-0.1, -0.05) is 42.5 Å². The molecule has 3 heteroatoms. The summed E-state index contributed by atoms with van der Waals surface area (Å²) in [5, 5.41) is 3.56. The van der Waals surface area contributed by atoms with Crippen molar-refractivity contribution in [2.24, 2.45) is 0 Å². The Morgan fingerprint density at radius 3 is 2.45 bits per heavy atom. The van der Waals surface area contributed by atoms with E-state index in [0.29, 0.717) is 0 Å². The molecule has 1 aliphatic heterocycles. The van der Waals surface area contributed by atoms with Crippen molar-refractivity contribution in [3.05, 3.63) is 65.7 Å². The van der Waals surface area contributed by atoms with E-state index in [2.05, 4.69) is 41.7 Å². The van der Waals surface area contributed by atoms with E-state index in [1.165, 1.54) is 11.1 Å². The van der Waals surface area contributed by atoms with E-state index in [-0.39, 0.29) is 12.1 Å². The highest BCUT2D eigenvalue weighted by atomic mass is 16.5. The lowest BCUT2D eigenvalue weighted by Gasteiger charge is -2.33. The molecule has 3 nitrogen and oxygen atoms in total. The molecule has 0 aromatic heterocycles. The Hall–Kier alpha value is -1.84. The van der Waals surface area contributed by atoms with Gasteiger partial charge in [-0.2, -0.15) is 0 Å². The molecular formula is C17H19NO2. The first kappa shape index (κ1) is 13.2. The fraction of sp³-hybridized carbons (Fsp3) is 0.294. The molecule has 1 N–H and O–H groups in total. The molecule has 1 saturated heterocycles. The van der Waals surface area contributed by atoms with E-state index in [9.17, 15) is 0 Å². The van der Waals surface area contributed by atoms with Crippen molar-refractivity contribution in [2.45, 2.75) is 12.1 Å². The van der Waals surface area contributed by atoms with Crippen LogP contribution in [0.15, 0.2) is 54.6 Å². The quantitative estimate of drug-likeness (QED) is 0.928. The zero-order valence-corrected chi connectivity index (χ0v) is 11.6. The number of hydrogen-bond acceptors (Lipinski definition) is 3. The third-order valence-corrected chi connectivity index (χ3v) is 3.67. The van der Waals surface area contributed by atoms with Gasteiger partial charge in [0.05, 0.1) is 19.8 Å². The van der Waals surface area contributed by atoms with E-state index in [4.69, 9.17) is 9.47 Å². The van der Waals surface area contributed by atoms with Gasteiger partial charge in [-0.15, -0.1) is 0 Å². The second kappa shape index (κ2) is 6.07. The largest absolute Gasteiger partial charge is 0.497 e. The number of benzene rings is 2. The molecular weight excluding hydrogens is 250 g/mol. The first-order valence-corrected chi connectivity index (χ1v) is 6.92. The van der Waals surface area contributed by atoms with Crippen molar-refractivity contribution in [1.82, 2.24) is 5.32 Å². The topological polar surface area (TPSA) is 30.5 Å². The first-order chi connectivity index (χ1) is 9.88. The van der Waals surface area contributed by atoms with Crippen molar-refractivity contribution in [2.75, 3.05) is 20.3 Å². The van der Waals surface area contributed by atoms with Gasteiger partial charge in [0.1, 0.15) is 11.9 Å². The lowest BCUT2D eigenvalue weighted by atomic mass is 9.94. The second-order valence-corrected chi connectivity index (χ2v) is 4.91. The number of methoxy groups -OCH3 is 1. The molecule has 0 aliphatic carbocycles.